The van der Waals surface area contributed by atoms with Crippen LogP contribution >= 0.6 is 0 Å². The number of benzene rings is 1. The molecule has 0 amide bonds. The molecule has 0 saturated heterocycles. The number of carbonyl (C=O) groups is 1. The fraction of sp³-hybridized carbons (Fsp3) is 0.267. The molecule has 1 atom stereocenters. The molecule has 0 saturated carbocycles. The van der Waals surface area contributed by atoms with Crippen LogP contribution in [0.1, 0.15) is 11.1 Å². The van der Waals surface area contributed by atoms with Crippen LogP contribution in [0.25, 0.3) is 0 Å². The van der Waals surface area contributed by atoms with E-state index in [0.717, 1.165) is 5.56 Å². The predicted molar refractivity (Wildman–Crippen MR) is 69.1 cm³/mol. The van der Waals surface area contributed by atoms with Gasteiger partial charge in [0.1, 0.15) is 5.76 Å². The van der Waals surface area contributed by atoms with Crippen molar-refractivity contribution in [3.8, 4) is 0 Å². The third-order valence-corrected chi connectivity index (χ3v) is 3.14. The lowest BCUT2D eigenvalue weighted by Gasteiger charge is -2.32. The van der Waals surface area contributed by atoms with E-state index in [1.54, 1.807) is 20.3 Å². The van der Waals surface area contributed by atoms with Gasteiger partial charge in [0.25, 0.3) is 0 Å². The number of rotatable bonds is 3. The van der Waals surface area contributed by atoms with Crippen LogP contribution in [-0.2, 0) is 19.9 Å². The summed E-state index contributed by atoms with van der Waals surface area (Å²) in [5.41, 5.74) is 1.30. The molecule has 0 aromatic heterocycles. The van der Waals surface area contributed by atoms with Gasteiger partial charge >= 0.3 is 0 Å². The summed E-state index contributed by atoms with van der Waals surface area (Å²) in [6.45, 7) is 2.02. The number of aryl methyl sites for hydroxylation is 1. The maximum atomic E-state index is 11.4. The molecular formula is C15H16O3. The normalized spacial score (nSPS) is 22.8. The lowest BCUT2D eigenvalue weighted by Crippen LogP contribution is -2.32. The van der Waals surface area contributed by atoms with Gasteiger partial charge in [-0.1, -0.05) is 29.8 Å². The minimum Gasteiger partial charge on any atom is -0.497 e. The highest BCUT2D eigenvalue weighted by Crippen LogP contribution is 2.37. The number of carbonyl (C=O) groups excluding carboxylic acids is 1. The SMILES string of the molecule is COC1=CC(=O)C=CC1(OC)c1ccc(C)cc1. The Labute approximate surface area is 107 Å². The van der Waals surface area contributed by atoms with Gasteiger partial charge in [-0.25, -0.2) is 0 Å². The van der Waals surface area contributed by atoms with Gasteiger partial charge in [0.15, 0.2) is 11.4 Å². The molecule has 1 aromatic carbocycles. The minimum absolute atomic E-state index is 0.0911. The van der Waals surface area contributed by atoms with Crippen molar-refractivity contribution in [1.82, 2.24) is 0 Å². The quantitative estimate of drug-likeness (QED) is 0.819. The first-order chi connectivity index (χ1) is 8.62. The molecule has 0 radical (unpaired) electrons. The molecule has 0 heterocycles. The fourth-order valence-corrected chi connectivity index (χ4v) is 2.10. The highest BCUT2D eigenvalue weighted by molar-refractivity contribution is 6.01. The van der Waals surface area contributed by atoms with Crippen molar-refractivity contribution in [3.63, 3.8) is 0 Å². The average molecular weight is 244 g/mol. The molecule has 0 aliphatic heterocycles. The van der Waals surface area contributed by atoms with Gasteiger partial charge in [0.2, 0.25) is 0 Å². The Morgan fingerprint density at radius 2 is 1.78 bits per heavy atom. The maximum absolute atomic E-state index is 11.4. The smallest absolute Gasteiger partial charge is 0.181 e. The Kier molecular flexibility index (Phi) is 3.34. The largest absolute Gasteiger partial charge is 0.497 e. The molecule has 18 heavy (non-hydrogen) atoms. The molecule has 0 bridgehead atoms. The van der Waals surface area contributed by atoms with E-state index >= 15 is 0 Å². The zero-order valence-electron chi connectivity index (χ0n) is 10.8. The molecule has 0 N–H and O–H groups in total. The van der Waals surface area contributed by atoms with Crippen molar-refractivity contribution in [2.24, 2.45) is 0 Å². The van der Waals surface area contributed by atoms with E-state index in [1.165, 1.54) is 17.7 Å². The molecule has 1 aliphatic carbocycles. The summed E-state index contributed by atoms with van der Waals surface area (Å²) in [4.78, 5) is 11.4. The Bertz CT molecular complexity index is 511. The molecular weight excluding hydrogens is 228 g/mol. The molecule has 2 rings (SSSR count). The van der Waals surface area contributed by atoms with E-state index < -0.39 is 5.60 Å². The molecule has 3 nitrogen and oxygen atoms in total. The van der Waals surface area contributed by atoms with Crippen molar-refractivity contribution < 1.29 is 14.3 Å². The van der Waals surface area contributed by atoms with E-state index in [1.807, 2.05) is 31.2 Å². The van der Waals surface area contributed by atoms with Crippen LogP contribution in [-0.4, -0.2) is 20.0 Å². The van der Waals surface area contributed by atoms with Crippen molar-refractivity contribution >= 4 is 5.78 Å². The van der Waals surface area contributed by atoms with Gasteiger partial charge in [-0.2, -0.15) is 0 Å². The third kappa shape index (κ3) is 1.97. The molecule has 94 valence electrons. The number of methoxy groups -OCH3 is 2. The van der Waals surface area contributed by atoms with Crippen LogP contribution in [0, 0.1) is 6.92 Å². The van der Waals surface area contributed by atoms with Crippen LogP contribution < -0.4 is 0 Å². The Morgan fingerprint density at radius 1 is 1.11 bits per heavy atom. The zero-order chi connectivity index (χ0) is 13.2. The lowest BCUT2D eigenvalue weighted by atomic mass is 9.86. The Balaban J connectivity index is 2.54. The summed E-state index contributed by atoms with van der Waals surface area (Å²) in [6.07, 6.45) is 4.70. The number of allylic oxidation sites excluding steroid dienone is 2. The number of hydrogen-bond acceptors (Lipinski definition) is 3. The van der Waals surface area contributed by atoms with Crippen molar-refractivity contribution in [2.75, 3.05) is 14.2 Å². The third-order valence-electron chi connectivity index (χ3n) is 3.14. The molecule has 0 spiro atoms. The van der Waals surface area contributed by atoms with Crippen LogP contribution in [0.15, 0.2) is 48.3 Å². The van der Waals surface area contributed by atoms with E-state index in [9.17, 15) is 4.79 Å². The highest BCUT2D eigenvalue weighted by Gasteiger charge is 2.37. The second-order valence-electron chi connectivity index (χ2n) is 4.25. The number of hydrogen-bond donors (Lipinski definition) is 0. The fourth-order valence-electron chi connectivity index (χ4n) is 2.10. The van der Waals surface area contributed by atoms with Crippen LogP contribution in [0.2, 0.25) is 0 Å². The molecule has 1 aliphatic rings. The van der Waals surface area contributed by atoms with Crippen LogP contribution in [0.3, 0.4) is 0 Å². The van der Waals surface area contributed by atoms with Gasteiger partial charge < -0.3 is 9.47 Å². The summed E-state index contributed by atoms with van der Waals surface area (Å²) in [6, 6.07) is 7.97. The topological polar surface area (TPSA) is 35.5 Å². The first kappa shape index (κ1) is 12.6. The lowest BCUT2D eigenvalue weighted by molar-refractivity contribution is -0.111. The summed E-state index contributed by atoms with van der Waals surface area (Å²) in [5.74, 6) is 0.410. The minimum atomic E-state index is -0.809. The maximum Gasteiger partial charge on any atom is 0.181 e. The molecule has 3 heteroatoms. The monoisotopic (exact) mass is 244 g/mol. The van der Waals surface area contributed by atoms with Crippen molar-refractivity contribution in [1.29, 1.82) is 0 Å². The second kappa shape index (κ2) is 4.78. The second-order valence-corrected chi connectivity index (χ2v) is 4.25. The van der Waals surface area contributed by atoms with E-state index in [4.69, 9.17) is 9.47 Å². The number of ketones is 1. The Morgan fingerprint density at radius 3 is 2.33 bits per heavy atom. The molecule has 0 fully saturated rings. The van der Waals surface area contributed by atoms with Gasteiger partial charge in [0.05, 0.1) is 7.11 Å². The summed E-state index contributed by atoms with van der Waals surface area (Å²) in [5, 5.41) is 0. The van der Waals surface area contributed by atoms with E-state index in [0.29, 0.717) is 5.76 Å². The Hall–Kier alpha value is -1.87. The summed E-state index contributed by atoms with van der Waals surface area (Å²) >= 11 is 0. The number of ether oxygens (including phenoxy) is 2. The van der Waals surface area contributed by atoms with Crippen molar-refractivity contribution in [3.05, 3.63) is 59.4 Å². The van der Waals surface area contributed by atoms with E-state index in [2.05, 4.69) is 0 Å². The average Bonchev–Trinajstić information content (AvgIpc) is 2.40. The van der Waals surface area contributed by atoms with Gasteiger partial charge in [0, 0.05) is 13.2 Å². The van der Waals surface area contributed by atoms with Gasteiger partial charge in [-0.05, 0) is 24.6 Å². The van der Waals surface area contributed by atoms with Gasteiger partial charge in [-0.3, -0.25) is 4.79 Å². The summed E-state index contributed by atoms with van der Waals surface area (Å²) in [7, 11) is 3.15. The van der Waals surface area contributed by atoms with Gasteiger partial charge in [-0.15, -0.1) is 0 Å². The molecule has 1 aromatic rings. The van der Waals surface area contributed by atoms with Crippen molar-refractivity contribution in [2.45, 2.75) is 12.5 Å². The highest BCUT2D eigenvalue weighted by atomic mass is 16.5. The standard InChI is InChI=1S/C15H16O3/c1-11-4-6-12(7-5-11)15(18-3)9-8-13(16)10-14(15)17-2/h4-10H,1-3H3. The van der Waals surface area contributed by atoms with Crippen LogP contribution in [0.4, 0.5) is 0 Å². The molecule has 1 unspecified atom stereocenters. The first-order valence-corrected chi connectivity index (χ1v) is 5.74. The predicted octanol–water partition coefficient (Wildman–Crippen LogP) is 2.51. The van der Waals surface area contributed by atoms with Crippen LogP contribution in [0.5, 0.6) is 0 Å². The zero-order valence-corrected chi connectivity index (χ0v) is 10.8. The summed E-state index contributed by atoms with van der Waals surface area (Å²) < 4.78 is 10.9. The van der Waals surface area contributed by atoms with E-state index in [-0.39, 0.29) is 5.78 Å². The first-order valence-electron chi connectivity index (χ1n) is 5.74.